The highest BCUT2D eigenvalue weighted by Gasteiger charge is 2.04. The molecule has 0 radical (unpaired) electrons. The minimum atomic E-state index is 0.654. The van der Waals surface area contributed by atoms with Crippen molar-refractivity contribution in [1.82, 2.24) is 0 Å². The second-order valence-corrected chi connectivity index (χ2v) is 4.38. The molecular weight excluding hydrogens is 164 g/mol. The number of hydrogen-bond acceptors (Lipinski definition) is 1. The molecule has 4 nitrogen and oxygen atoms in total. The molecular formula is C9H21N4+. The first kappa shape index (κ1) is 12.3. The Morgan fingerprint density at radius 3 is 2.23 bits per heavy atom. The van der Waals surface area contributed by atoms with Gasteiger partial charge in [0.05, 0.1) is 27.7 Å². The SMILES string of the molecule is C[N+](C)(C)CCCCCCN=[N+]=[N-]. The summed E-state index contributed by atoms with van der Waals surface area (Å²) in [5.74, 6) is 0. The van der Waals surface area contributed by atoms with Crippen molar-refractivity contribution < 1.29 is 4.48 Å². The largest absolute Gasteiger partial charge is 0.331 e. The van der Waals surface area contributed by atoms with E-state index in [1.807, 2.05) is 0 Å². The molecule has 0 atom stereocenters. The molecule has 4 heteroatoms. The van der Waals surface area contributed by atoms with Crippen LogP contribution in [0.4, 0.5) is 0 Å². The first-order chi connectivity index (χ1) is 6.06. The zero-order chi connectivity index (χ0) is 10.2. The monoisotopic (exact) mass is 185 g/mol. The van der Waals surface area contributed by atoms with E-state index in [0.29, 0.717) is 6.54 Å². The molecule has 0 fully saturated rings. The van der Waals surface area contributed by atoms with Crippen molar-refractivity contribution in [2.45, 2.75) is 25.7 Å². The summed E-state index contributed by atoms with van der Waals surface area (Å²) in [7, 11) is 6.62. The summed E-state index contributed by atoms with van der Waals surface area (Å²) in [5.41, 5.74) is 8.03. The minimum Gasteiger partial charge on any atom is -0.331 e. The molecule has 0 spiro atoms. The number of unbranched alkanes of at least 4 members (excludes halogenated alkanes) is 3. The maximum atomic E-state index is 8.03. The van der Waals surface area contributed by atoms with Crippen LogP contribution in [0.15, 0.2) is 5.11 Å². The van der Waals surface area contributed by atoms with Gasteiger partial charge in [0.2, 0.25) is 0 Å². The van der Waals surface area contributed by atoms with Gasteiger partial charge in [0.25, 0.3) is 0 Å². The third-order valence-electron chi connectivity index (χ3n) is 1.90. The van der Waals surface area contributed by atoms with E-state index in [9.17, 15) is 0 Å². The molecule has 0 N–H and O–H groups in total. The van der Waals surface area contributed by atoms with E-state index in [4.69, 9.17) is 5.53 Å². The fraction of sp³-hybridized carbons (Fsp3) is 1.00. The number of azide groups is 1. The Morgan fingerprint density at radius 1 is 1.08 bits per heavy atom. The highest BCUT2D eigenvalue weighted by Crippen LogP contribution is 2.03. The molecule has 76 valence electrons. The van der Waals surface area contributed by atoms with Crippen LogP contribution in [0, 0.1) is 0 Å². The average molecular weight is 185 g/mol. The van der Waals surface area contributed by atoms with E-state index < -0.39 is 0 Å². The molecule has 0 aromatic heterocycles. The summed E-state index contributed by atoms with van der Waals surface area (Å²) in [5, 5.41) is 3.49. The molecule has 0 aromatic rings. The number of hydrogen-bond donors (Lipinski definition) is 0. The summed E-state index contributed by atoms with van der Waals surface area (Å²) < 4.78 is 1.04. The molecule has 0 aliphatic heterocycles. The fourth-order valence-electron chi connectivity index (χ4n) is 1.17. The van der Waals surface area contributed by atoms with Gasteiger partial charge in [-0.15, -0.1) is 0 Å². The second-order valence-electron chi connectivity index (χ2n) is 4.38. The van der Waals surface area contributed by atoms with E-state index in [1.165, 1.54) is 25.8 Å². The number of quaternary nitrogens is 1. The molecule has 0 amide bonds. The molecule has 0 rings (SSSR count). The van der Waals surface area contributed by atoms with Crippen LogP contribution in [-0.2, 0) is 0 Å². The Hall–Kier alpha value is -0.730. The minimum absolute atomic E-state index is 0.654. The van der Waals surface area contributed by atoms with E-state index in [0.717, 1.165) is 10.9 Å². The lowest BCUT2D eigenvalue weighted by Crippen LogP contribution is -2.35. The maximum Gasteiger partial charge on any atom is 0.0780 e. The Balaban J connectivity index is 3.13. The van der Waals surface area contributed by atoms with Gasteiger partial charge in [0.15, 0.2) is 0 Å². The molecule has 0 aliphatic carbocycles. The van der Waals surface area contributed by atoms with Crippen molar-refractivity contribution in [3.05, 3.63) is 10.4 Å². The van der Waals surface area contributed by atoms with Crippen molar-refractivity contribution in [3.8, 4) is 0 Å². The first-order valence-electron chi connectivity index (χ1n) is 4.87. The topological polar surface area (TPSA) is 48.8 Å². The predicted molar refractivity (Wildman–Crippen MR) is 55.4 cm³/mol. The van der Waals surface area contributed by atoms with E-state index in [-0.39, 0.29) is 0 Å². The molecule has 13 heavy (non-hydrogen) atoms. The van der Waals surface area contributed by atoms with Crippen LogP contribution in [0.3, 0.4) is 0 Å². The number of nitrogens with zero attached hydrogens (tertiary/aromatic N) is 4. The fourth-order valence-corrected chi connectivity index (χ4v) is 1.17. The van der Waals surface area contributed by atoms with E-state index in [1.54, 1.807) is 0 Å². The molecule has 0 heterocycles. The van der Waals surface area contributed by atoms with Crippen LogP contribution in [0.2, 0.25) is 0 Å². The summed E-state index contributed by atoms with van der Waals surface area (Å²) in [6, 6.07) is 0. The highest BCUT2D eigenvalue weighted by atomic mass is 15.3. The van der Waals surface area contributed by atoms with Crippen LogP contribution in [0.25, 0.3) is 10.4 Å². The first-order valence-corrected chi connectivity index (χ1v) is 4.87. The van der Waals surface area contributed by atoms with Crippen molar-refractivity contribution in [2.24, 2.45) is 5.11 Å². The highest BCUT2D eigenvalue weighted by molar-refractivity contribution is 4.48. The summed E-state index contributed by atoms with van der Waals surface area (Å²) in [6.07, 6.45) is 4.72. The van der Waals surface area contributed by atoms with E-state index >= 15 is 0 Å². The Kier molecular flexibility index (Phi) is 6.37. The maximum absolute atomic E-state index is 8.03. The standard InChI is InChI=1S/C9H21N4/c1-13(2,3)9-7-5-4-6-8-11-12-10/h4-9H2,1-3H3/q+1. The average Bonchev–Trinajstić information content (AvgIpc) is 2.01. The smallest absolute Gasteiger partial charge is 0.0780 e. The van der Waals surface area contributed by atoms with Gasteiger partial charge in [-0.05, 0) is 24.8 Å². The van der Waals surface area contributed by atoms with Gasteiger partial charge in [0, 0.05) is 11.5 Å². The summed E-state index contributed by atoms with van der Waals surface area (Å²) in [6.45, 7) is 1.88. The molecule has 0 unspecified atom stereocenters. The van der Waals surface area contributed by atoms with Crippen molar-refractivity contribution in [3.63, 3.8) is 0 Å². The second kappa shape index (κ2) is 6.75. The van der Waals surface area contributed by atoms with Crippen LogP contribution < -0.4 is 0 Å². The molecule has 0 bridgehead atoms. The van der Waals surface area contributed by atoms with Crippen LogP contribution >= 0.6 is 0 Å². The van der Waals surface area contributed by atoms with Crippen LogP contribution in [0.1, 0.15) is 25.7 Å². The van der Waals surface area contributed by atoms with Crippen molar-refractivity contribution in [2.75, 3.05) is 34.2 Å². The molecule has 0 aliphatic rings. The van der Waals surface area contributed by atoms with Gasteiger partial charge in [-0.1, -0.05) is 11.5 Å². The molecule has 0 aromatic carbocycles. The summed E-state index contributed by atoms with van der Waals surface area (Å²) in [4.78, 5) is 2.71. The molecule has 0 saturated heterocycles. The van der Waals surface area contributed by atoms with Crippen LogP contribution in [-0.4, -0.2) is 38.7 Å². The third kappa shape index (κ3) is 11.3. The summed E-state index contributed by atoms with van der Waals surface area (Å²) >= 11 is 0. The van der Waals surface area contributed by atoms with Gasteiger partial charge in [-0.2, -0.15) is 0 Å². The molecule has 0 saturated carbocycles. The van der Waals surface area contributed by atoms with Gasteiger partial charge in [-0.3, -0.25) is 0 Å². The zero-order valence-electron chi connectivity index (χ0n) is 9.03. The lowest BCUT2D eigenvalue weighted by atomic mass is 10.2. The Bertz CT molecular complexity index is 165. The lowest BCUT2D eigenvalue weighted by molar-refractivity contribution is -0.870. The normalized spacial score (nSPS) is 11.0. The predicted octanol–water partition coefficient (Wildman–Crippen LogP) is 2.56. The quantitative estimate of drug-likeness (QED) is 0.192. The van der Waals surface area contributed by atoms with Crippen molar-refractivity contribution in [1.29, 1.82) is 0 Å². The lowest BCUT2D eigenvalue weighted by Gasteiger charge is -2.23. The van der Waals surface area contributed by atoms with Gasteiger partial charge < -0.3 is 4.48 Å². The zero-order valence-corrected chi connectivity index (χ0v) is 9.03. The van der Waals surface area contributed by atoms with Crippen molar-refractivity contribution >= 4 is 0 Å². The van der Waals surface area contributed by atoms with Gasteiger partial charge in [0.1, 0.15) is 0 Å². The Labute approximate surface area is 80.8 Å². The van der Waals surface area contributed by atoms with Gasteiger partial charge in [-0.25, -0.2) is 0 Å². The van der Waals surface area contributed by atoms with E-state index in [2.05, 4.69) is 31.2 Å². The Morgan fingerprint density at radius 2 is 1.69 bits per heavy atom. The third-order valence-corrected chi connectivity index (χ3v) is 1.90. The van der Waals surface area contributed by atoms with Gasteiger partial charge >= 0.3 is 0 Å². The number of rotatable bonds is 7. The van der Waals surface area contributed by atoms with Crippen LogP contribution in [0.5, 0.6) is 0 Å².